The van der Waals surface area contributed by atoms with E-state index in [0.717, 1.165) is 25.7 Å². The standard InChI is InChI=1S/C8H18O3.H3O3PSe/c9-5-3-1-2-4-8(6-10)7-11;1-4(2,3)5/h8-11H,1-7H2;(H3,1,2,3,5). The van der Waals surface area contributed by atoms with Crippen molar-refractivity contribution in [2.45, 2.75) is 25.7 Å². The molecule has 0 aromatic heterocycles. The van der Waals surface area contributed by atoms with Gasteiger partial charge in [0, 0.05) is 25.7 Å². The Hall–Kier alpha value is 0.709. The zero-order valence-electron chi connectivity index (χ0n) is 9.07. The molecule has 0 aliphatic heterocycles. The molecule has 100 valence electrons. The summed E-state index contributed by atoms with van der Waals surface area (Å²) in [6.07, 6.45) is 0.121. The average molecular weight is 323 g/mol. The van der Waals surface area contributed by atoms with Crippen molar-refractivity contribution in [2.24, 2.45) is 5.92 Å². The van der Waals surface area contributed by atoms with Gasteiger partial charge in [-0.2, -0.15) is 0 Å². The molecule has 0 fully saturated rings. The van der Waals surface area contributed by atoms with Gasteiger partial charge in [0.25, 0.3) is 0 Å². The molecule has 0 aliphatic rings. The van der Waals surface area contributed by atoms with Gasteiger partial charge in [-0.15, -0.1) is 0 Å². The van der Waals surface area contributed by atoms with Crippen LogP contribution in [0.2, 0.25) is 0 Å². The van der Waals surface area contributed by atoms with Crippen molar-refractivity contribution < 1.29 is 30.0 Å². The zero-order valence-corrected chi connectivity index (χ0v) is 11.7. The van der Waals surface area contributed by atoms with E-state index in [-0.39, 0.29) is 25.7 Å². The number of unbranched alkanes of at least 4 members (excludes halogenated alkanes) is 2. The number of rotatable bonds is 7. The average Bonchev–Trinajstić information content (AvgIpc) is 2.16. The third-order valence-electron chi connectivity index (χ3n) is 1.79. The molecule has 0 aromatic rings. The van der Waals surface area contributed by atoms with Crippen LogP contribution in [0, 0.1) is 5.92 Å². The summed E-state index contributed by atoms with van der Waals surface area (Å²) in [5.74, 6) is 0.0358. The molecule has 0 atom stereocenters. The molecule has 0 bridgehead atoms. The molecular weight excluding hydrogens is 302 g/mol. The Morgan fingerprint density at radius 3 is 1.62 bits per heavy atom. The Balaban J connectivity index is 0. The van der Waals surface area contributed by atoms with Crippen LogP contribution < -0.4 is 0 Å². The van der Waals surface area contributed by atoms with Crippen LogP contribution in [-0.4, -0.2) is 64.9 Å². The van der Waals surface area contributed by atoms with Crippen LogP contribution in [0.25, 0.3) is 0 Å². The maximum atomic E-state index is 8.67. The van der Waals surface area contributed by atoms with Crippen LogP contribution in [0.15, 0.2) is 0 Å². The van der Waals surface area contributed by atoms with Gasteiger partial charge in [0.05, 0.1) is 0 Å². The van der Waals surface area contributed by atoms with Crippen LogP contribution in [0.1, 0.15) is 25.7 Å². The number of hydrogen-bond donors (Lipinski definition) is 6. The second-order valence-corrected chi connectivity index (χ2v) is 7.43. The fraction of sp³-hybridized carbons (Fsp3) is 1.00. The topological polar surface area (TPSA) is 121 Å². The molecule has 0 radical (unpaired) electrons. The molecule has 16 heavy (non-hydrogen) atoms. The van der Waals surface area contributed by atoms with Gasteiger partial charge in [-0.1, -0.05) is 12.8 Å². The minimum absolute atomic E-state index is 0.0358. The first-order chi connectivity index (χ1) is 7.35. The van der Waals surface area contributed by atoms with Crippen molar-refractivity contribution in [3.05, 3.63) is 0 Å². The van der Waals surface area contributed by atoms with E-state index >= 15 is 0 Å². The molecule has 0 unspecified atom stereocenters. The van der Waals surface area contributed by atoms with Gasteiger partial charge < -0.3 is 15.3 Å². The second-order valence-electron chi connectivity index (χ2n) is 3.32. The Morgan fingerprint density at radius 1 is 0.875 bits per heavy atom. The summed E-state index contributed by atoms with van der Waals surface area (Å²) in [4.78, 5) is 23.1. The van der Waals surface area contributed by atoms with Gasteiger partial charge >= 0.3 is 36.0 Å². The Morgan fingerprint density at radius 2 is 1.31 bits per heavy atom. The van der Waals surface area contributed by atoms with Crippen LogP contribution in [0.3, 0.4) is 0 Å². The van der Waals surface area contributed by atoms with Crippen molar-refractivity contribution in [1.29, 1.82) is 0 Å². The predicted molar refractivity (Wildman–Crippen MR) is 62.5 cm³/mol. The van der Waals surface area contributed by atoms with E-state index in [2.05, 4.69) is 0 Å². The fourth-order valence-corrected chi connectivity index (χ4v) is 0.962. The van der Waals surface area contributed by atoms with Crippen LogP contribution >= 0.6 is 6.19 Å². The summed E-state index contributed by atoms with van der Waals surface area (Å²) in [7, 11) is 0. The monoisotopic (exact) mass is 324 g/mol. The molecule has 0 spiro atoms. The molecule has 6 N–H and O–H groups in total. The Bertz CT molecular complexity index is 173. The van der Waals surface area contributed by atoms with E-state index in [0.29, 0.717) is 0 Å². The summed E-state index contributed by atoms with van der Waals surface area (Å²) in [5, 5.41) is 25.8. The number of hydrogen-bond acceptors (Lipinski definition) is 6. The van der Waals surface area contributed by atoms with Gasteiger partial charge in [-0.05, 0) is 12.8 Å². The minimum atomic E-state index is -3.51. The SMILES string of the molecule is OCCCCCC(CO)CO.OP(O)(O)=[Se]. The third kappa shape index (κ3) is 24.1. The first-order valence-electron chi connectivity index (χ1n) is 4.96. The molecule has 0 saturated carbocycles. The van der Waals surface area contributed by atoms with E-state index in [4.69, 9.17) is 30.0 Å². The summed E-state index contributed by atoms with van der Waals surface area (Å²) < 4.78 is 0. The summed E-state index contributed by atoms with van der Waals surface area (Å²) in [6, 6.07) is 0. The predicted octanol–water partition coefficient (Wildman–Crippen LogP) is -1.05. The van der Waals surface area contributed by atoms with E-state index < -0.39 is 6.19 Å². The summed E-state index contributed by atoms with van der Waals surface area (Å²) in [5.41, 5.74) is 0. The van der Waals surface area contributed by atoms with Crippen molar-refractivity contribution in [3.63, 3.8) is 0 Å². The molecule has 8 heteroatoms. The van der Waals surface area contributed by atoms with Gasteiger partial charge in [0.15, 0.2) is 0 Å². The zero-order chi connectivity index (χ0) is 13.0. The van der Waals surface area contributed by atoms with Crippen molar-refractivity contribution in [2.75, 3.05) is 19.8 Å². The van der Waals surface area contributed by atoms with Crippen LogP contribution in [-0.2, 0) is 0 Å². The first kappa shape index (κ1) is 19.1. The molecule has 0 aliphatic carbocycles. The molecular formula is C8H21O6PSe. The van der Waals surface area contributed by atoms with E-state index in [1.807, 2.05) is 0 Å². The number of aliphatic hydroxyl groups is 3. The fourth-order valence-electron chi connectivity index (χ4n) is 0.962. The Labute approximate surface area is 103 Å². The van der Waals surface area contributed by atoms with E-state index in [9.17, 15) is 0 Å². The van der Waals surface area contributed by atoms with Crippen LogP contribution in [0.4, 0.5) is 0 Å². The van der Waals surface area contributed by atoms with E-state index in [1.54, 1.807) is 15.1 Å². The second kappa shape index (κ2) is 12.2. The van der Waals surface area contributed by atoms with Gasteiger partial charge in [-0.3, -0.25) is 0 Å². The van der Waals surface area contributed by atoms with Crippen molar-refractivity contribution in [3.8, 4) is 0 Å². The normalized spacial score (nSPS) is 11.2. The summed E-state index contributed by atoms with van der Waals surface area (Å²) >= 11 is 1.76. The van der Waals surface area contributed by atoms with Gasteiger partial charge in [-0.25, -0.2) is 0 Å². The Kier molecular flexibility index (Phi) is 14.5. The number of aliphatic hydroxyl groups excluding tert-OH is 3. The van der Waals surface area contributed by atoms with Gasteiger partial charge in [0.1, 0.15) is 0 Å². The first-order valence-corrected chi connectivity index (χ1v) is 8.82. The van der Waals surface area contributed by atoms with E-state index in [1.165, 1.54) is 0 Å². The maximum absolute atomic E-state index is 8.67. The molecule has 0 heterocycles. The molecule has 0 amide bonds. The molecule has 0 rings (SSSR count). The molecule has 0 aromatic carbocycles. The molecule has 6 nitrogen and oxygen atoms in total. The summed E-state index contributed by atoms with van der Waals surface area (Å²) in [6.45, 7) is 0.369. The molecule has 0 saturated heterocycles. The third-order valence-corrected chi connectivity index (χ3v) is 1.79. The van der Waals surface area contributed by atoms with Crippen molar-refractivity contribution >= 4 is 21.3 Å². The quantitative estimate of drug-likeness (QED) is 0.202. The van der Waals surface area contributed by atoms with Crippen LogP contribution in [0.5, 0.6) is 0 Å². The van der Waals surface area contributed by atoms with Crippen molar-refractivity contribution in [1.82, 2.24) is 0 Å². The van der Waals surface area contributed by atoms with Gasteiger partial charge in [0.2, 0.25) is 0 Å².